The number of carbonyl (C=O) groups excluding carboxylic acids is 2. The van der Waals surface area contributed by atoms with Gasteiger partial charge in [-0.05, 0) is 43.2 Å². The molecule has 0 radical (unpaired) electrons. The van der Waals surface area contributed by atoms with Crippen molar-refractivity contribution < 1.29 is 14.3 Å². The number of methoxy groups -OCH3 is 1. The third-order valence-corrected chi connectivity index (χ3v) is 6.36. The number of benzene rings is 2. The van der Waals surface area contributed by atoms with Crippen LogP contribution in [0.4, 0.5) is 0 Å². The molecular weight excluding hydrogens is 398 g/mol. The number of likely N-dealkylation sites (tertiary alicyclic amines) is 1. The number of amides is 2. The number of rotatable bonds is 5. The fourth-order valence-electron chi connectivity index (χ4n) is 3.81. The average molecular weight is 422 g/mol. The minimum Gasteiger partial charge on any atom is -0.496 e. The molecule has 4 rings (SSSR count). The fraction of sp³-hybridized carbons (Fsp3) is 0.261. The summed E-state index contributed by atoms with van der Waals surface area (Å²) < 4.78 is 5.46. The topological polar surface area (TPSA) is 85.5 Å². The molecule has 2 N–H and O–H groups in total. The van der Waals surface area contributed by atoms with Crippen LogP contribution in [0.5, 0.6) is 5.75 Å². The highest BCUT2D eigenvalue weighted by Gasteiger charge is 2.28. The average Bonchev–Trinajstić information content (AvgIpc) is 3.29. The summed E-state index contributed by atoms with van der Waals surface area (Å²) in [6, 6.07) is 14.4. The van der Waals surface area contributed by atoms with Gasteiger partial charge in [-0.3, -0.25) is 9.59 Å². The molecule has 1 fully saturated rings. The third kappa shape index (κ3) is 4.07. The zero-order valence-electron chi connectivity index (χ0n) is 16.7. The van der Waals surface area contributed by atoms with E-state index in [1.807, 2.05) is 34.5 Å². The van der Waals surface area contributed by atoms with E-state index in [1.54, 1.807) is 42.7 Å². The van der Waals surface area contributed by atoms with Gasteiger partial charge in [-0.2, -0.15) is 0 Å². The summed E-state index contributed by atoms with van der Waals surface area (Å²) in [5, 5.41) is 3.07. The Hall–Kier alpha value is -3.19. The summed E-state index contributed by atoms with van der Waals surface area (Å²) in [5.74, 6) is 0.372. The third-order valence-electron chi connectivity index (χ3n) is 5.36. The molecule has 3 aromatic rings. The summed E-state index contributed by atoms with van der Waals surface area (Å²) >= 11 is 1.62. The number of ether oxygens (including phenoxy) is 1. The van der Waals surface area contributed by atoms with E-state index >= 15 is 0 Å². The van der Waals surface area contributed by atoms with E-state index in [4.69, 9.17) is 15.5 Å². The molecule has 1 aliphatic heterocycles. The van der Waals surface area contributed by atoms with E-state index in [0.717, 1.165) is 34.9 Å². The summed E-state index contributed by atoms with van der Waals surface area (Å²) in [4.78, 5) is 31.1. The Bertz CT molecular complexity index is 1080. The summed E-state index contributed by atoms with van der Waals surface area (Å²) in [6.45, 7) is 1.30. The monoisotopic (exact) mass is 421 g/mol. The Morgan fingerprint density at radius 1 is 1.17 bits per heavy atom. The number of para-hydroxylation sites is 1. The quantitative estimate of drug-likeness (QED) is 0.676. The maximum Gasteiger partial charge on any atom is 0.253 e. The number of piperidine rings is 1. The Morgan fingerprint density at radius 3 is 2.77 bits per heavy atom. The predicted octanol–water partition coefficient (Wildman–Crippen LogP) is 3.94. The van der Waals surface area contributed by atoms with Crippen LogP contribution in [0.3, 0.4) is 0 Å². The van der Waals surface area contributed by atoms with Gasteiger partial charge < -0.3 is 15.4 Å². The SMILES string of the molecule is COc1ccccc1-c1csc(C2CCCN(C(=O)c3cccc(C(N)=O)c3)C2)n1. The molecule has 2 aromatic carbocycles. The lowest BCUT2D eigenvalue weighted by Gasteiger charge is -2.32. The number of hydrogen-bond donors (Lipinski definition) is 1. The van der Waals surface area contributed by atoms with Crippen LogP contribution in [0.25, 0.3) is 11.3 Å². The van der Waals surface area contributed by atoms with Crippen molar-refractivity contribution in [3.63, 3.8) is 0 Å². The van der Waals surface area contributed by atoms with Crippen molar-refractivity contribution in [2.24, 2.45) is 5.73 Å². The molecule has 1 unspecified atom stereocenters. The smallest absolute Gasteiger partial charge is 0.253 e. The van der Waals surface area contributed by atoms with Gasteiger partial charge in [-0.1, -0.05) is 18.2 Å². The largest absolute Gasteiger partial charge is 0.496 e. The van der Waals surface area contributed by atoms with E-state index < -0.39 is 5.91 Å². The lowest BCUT2D eigenvalue weighted by atomic mass is 9.97. The molecule has 154 valence electrons. The number of carbonyl (C=O) groups is 2. The highest BCUT2D eigenvalue weighted by Crippen LogP contribution is 2.35. The van der Waals surface area contributed by atoms with Crippen molar-refractivity contribution in [2.75, 3.05) is 20.2 Å². The summed E-state index contributed by atoms with van der Waals surface area (Å²) in [7, 11) is 1.66. The van der Waals surface area contributed by atoms with Gasteiger partial charge >= 0.3 is 0 Å². The second kappa shape index (κ2) is 8.67. The molecule has 1 atom stereocenters. The lowest BCUT2D eigenvalue weighted by Crippen LogP contribution is -2.39. The molecular formula is C23H23N3O3S. The molecule has 2 amide bonds. The van der Waals surface area contributed by atoms with Crippen molar-refractivity contribution in [1.29, 1.82) is 0 Å². The van der Waals surface area contributed by atoms with Gasteiger partial charge in [-0.25, -0.2) is 4.98 Å². The maximum atomic E-state index is 13.0. The number of primary amides is 1. The van der Waals surface area contributed by atoms with Crippen molar-refractivity contribution in [3.05, 3.63) is 70.0 Å². The number of aromatic nitrogens is 1. The molecule has 1 aromatic heterocycles. The van der Waals surface area contributed by atoms with Crippen LogP contribution in [0.2, 0.25) is 0 Å². The maximum absolute atomic E-state index is 13.0. The second-order valence-electron chi connectivity index (χ2n) is 7.31. The summed E-state index contributed by atoms with van der Waals surface area (Å²) in [5.41, 5.74) is 8.04. The highest BCUT2D eigenvalue weighted by molar-refractivity contribution is 7.10. The lowest BCUT2D eigenvalue weighted by molar-refractivity contribution is 0.0707. The van der Waals surface area contributed by atoms with Gasteiger partial charge in [0.05, 0.1) is 17.8 Å². The van der Waals surface area contributed by atoms with Gasteiger partial charge in [-0.15, -0.1) is 11.3 Å². The van der Waals surface area contributed by atoms with Gasteiger partial charge in [0, 0.05) is 41.1 Å². The van der Waals surface area contributed by atoms with Crippen LogP contribution < -0.4 is 10.5 Å². The first kappa shape index (κ1) is 20.1. The molecule has 0 bridgehead atoms. The van der Waals surface area contributed by atoms with Crippen LogP contribution in [-0.4, -0.2) is 41.9 Å². The first-order valence-corrected chi connectivity index (χ1v) is 10.7. The van der Waals surface area contributed by atoms with Crippen LogP contribution in [0.15, 0.2) is 53.9 Å². The van der Waals surface area contributed by atoms with Gasteiger partial charge in [0.25, 0.3) is 5.91 Å². The molecule has 2 heterocycles. The highest BCUT2D eigenvalue weighted by atomic mass is 32.1. The van der Waals surface area contributed by atoms with E-state index in [-0.39, 0.29) is 11.8 Å². The molecule has 0 saturated carbocycles. The standard InChI is InChI=1S/C23H23N3O3S/c1-29-20-10-3-2-9-18(20)19-14-30-22(25-19)17-8-5-11-26(13-17)23(28)16-7-4-6-15(12-16)21(24)27/h2-4,6-7,9-10,12,14,17H,5,8,11,13H2,1H3,(H2,24,27). The molecule has 7 heteroatoms. The number of hydrogen-bond acceptors (Lipinski definition) is 5. The van der Waals surface area contributed by atoms with Crippen molar-refractivity contribution in [2.45, 2.75) is 18.8 Å². The van der Waals surface area contributed by atoms with Crippen LogP contribution in [0, 0.1) is 0 Å². The molecule has 6 nitrogen and oxygen atoms in total. The van der Waals surface area contributed by atoms with E-state index in [0.29, 0.717) is 24.2 Å². The molecule has 0 spiro atoms. The number of thiazole rings is 1. The minimum absolute atomic E-state index is 0.0793. The second-order valence-corrected chi connectivity index (χ2v) is 8.20. The van der Waals surface area contributed by atoms with Gasteiger partial charge in [0.15, 0.2) is 0 Å². The van der Waals surface area contributed by atoms with Gasteiger partial charge in [0.1, 0.15) is 5.75 Å². The Kier molecular flexibility index (Phi) is 5.81. The summed E-state index contributed by atoms with van der Waals surface area (Å²) in [6.07, 6.45) is 1.90. The zero-order chi connectivity index (χ0) is 21.1. The molecule has 1 aliphatic rings. The van der Waals surface area contributed by atoms with Crippen LogP contribution in [-0.2, 0) is 0 Å². The Morgan fingerprint density at radius 2 is 1.97 bits per heavy atom. The fourth-order valence-corrected chi connectivity index (χ4v) is 4.75. The van der Waals surface area contributed by atoms with Crippen molar-refractivity contribution in [1.82, 2.24) is 9.88 Å². The molecule has 0 aliphatic carbocycles. The van der Waals surface area contributed by atoms with E-state index in [2.05, 4.69) is 0 Å². The van der Waals surface area contributed by atoms with E-state index in [1.165, 1.54) is 0 Å². The zero-order valence-corrected chi connectivity index (χ0v) is 17.5. The van der Waals surface area contributed by atoms with E-state index in [9.17, 15) is 9.59 Å². The van der Waals surface area contributed by atoms with Gasteiger partial charge in [0.2, 0.25) is 5.91 Å². The predicted molar refractivity (Wildman–Crippen MR) is 117 cm³/mol. The normalized spacial score (nSPS) is 16.3. The first-order valence-electron chi connectivity index (χ1n) is 9.84. The minimum atomic E-state index is -0.534. The molecule has 30 heavy (non-hydrogen) atoms. The Labute approximate surface area is 179 Å². The first-order chi connectivity index (χ1) is 14.6. The number of nitrogens with two attached hydrogens (primary N) is 1. The Balaban J connectivity index is 1.52. The number of nitrogens with zero attached hydrogens (tertiary/aromatic N) is 2. The molecule has 1 saturated heterocycles. The van der Waals surface area contributed by atoms with Crippen molar-refractivity contribution in [3.8, 4) is 17.0 Å². The van der Waals surface area contributed by atoms with Crippen LogP contribution >= 0.6 is 11.3 Å². The van der Waals surface area contributed by atoms with Crippen molar-refractivity contribution >= 4 is 23.2 Å². The van der Waals surface area contributed by atoms with Crippen LogP contribution in [0.1, 0.15) is 44.5 Å².